The lowest BCUT2D eigenvalue weighted by Crippen LogP contribution is -1.88. The van der Waals surface area contributed by atoms with Crippen LogP contribution in [0.5, 0.6) is 5.75 Å². The third kappa shape index (κ3) is 2.27. The average molecular weight is 277 g/mol. The lowest BCUT2D eigenvalue weighted by molar-refractivity contribution is 0.416. The maximum atomic E-state index is 5.36. The normalized spacial score (nSPS) is 10.1. The van der Waals surface area contributed by atoms with Crippen molar-refractivity contribution in [3.05, 3.63) is 54.1 Å². The summed E-state index contributed by atoms with van der Waals surface area (Å²) < 4.78 is 5.36. The molecule has 0 saturated carbocycles. The third-order valence-electron chi connectivity index (χ3n) is 2.50. The lowest BCUT2D eigenvalue weighted by atomic mass is 10.0. The summed E-state index contributed by atoms with van der Waals surface area (Å²) in [5, 5.41) is 0.871. The summed E-state index contributed by atoms with van der Waals surface area (Å²) in [5.41, 5.74) is 3.59. The van der Waals surface area contributed by atoms with E-state index in [-0.39, 0.29) is 0 Å². The lowest BCUT2D eigenvalue weighted by Gasteiger charge is -2.08. The summed E-state index contributed by atoms with van der Waals surface area (Å²) in [7, 11) is 1.70. The van der Waals surface area contributed by atoms with Crippen LogP contribution in [0.3, 0.4) is 0 Å². The van der Waals surface area contributed by atoms with Crippen LogP contribution in [0.25, 0.3) is 11.1 Å². The van der Waals surface area contributed by atoms with Gasteiger partial charge in [0.25, 0.3) is 0 Å². The Hall–Kier alpha value is -1.28. The fourth-order valence-electron chi connectivity index (χ4n) is 1.71. The van der Waals surface area contributed by atoms with Crippen LogP contribution in [-0.2, 0) is 5.33 Å². The fraction of sp³-hybridized carbons (Fsp3) is 0.143. The molecule has 0 bridgehead atoms. The van der Waals surface area contributed by atoms with E-state index in [1.807, 2.05) is 18.2 Å². The van der Waals surface area contributed by atoms with Crippen molar-refractivity contribution in [1.29, 1.82) is 0 Å². The number of para-hydroxylation sites is 1. The average Bonchev–Trinajstić information content (AvgIpc) is 2.38. The van der Waals surface area contributed by atoms with Gasteiger partial charge in [-0.1, -0.05) is 58.4 Å². The largest absolute Gasteiger partial charge is 0.496 e. The molecule has 0 atom stereocenters. The standard InChI is InChI=1S/C14H13BrO/c1-16-14-8-3-2-7-13(14)12-6-4-5-11(9-12)10-15/h2-9H,10H2,1H3. The number of rotatable bonds is 3. The number of hydrogen-bond donors (Lipinski definition) is 0. The van der Waals surface area contributed by atoms with E-state index in [2.05, 4.69) is 46.3 Å². The molecule has 0 aliphatic carbocycles. The third-order valence-corrected chi connectivity index (χ3v) is 3.15. The van der Waals surface area contributed by atoms with Gasteiger partial charge in [0.2, 0.25) is 0 Å². The smallest absolute Gasteiger partial charge is 0.126 e. The highest BCUT2D eigenvalue weighted by molar-refractivity contribution is 9.08. The Morgan fingerprint density at radius 3 is 2.62 bits per heavy atom. The van der Waals surface area contributed by atoms with Gasteiger partial charge >= 0.3 is 0 Å². The van der Waals surface area contributed by atoms with Gasteiger partial charge in [-0.05, 0) is 17.2 Å². The van der Waals surface area contributed by atoms with Gasteiger partial charge in [0, 0.05) is 10.9 Å². The van der Waals surface area contributed by atoms with Crippen molar-refractivity contribution in [3.63, 3.8) is 0 Å². The van der Waals surface area contributed by atoms with Crippen LogP contribution in [0.1, 0.15) is 5.56 Å². The maximum Gasteiger partial charge on any atom is 0.126 e. The Balaban J connectivity index is 2.49. The van der Waals surface area contributed by atoms with E-state index in [9.17, 15) is 0 Å². The number of alkyl halides is 1. The van der Waals surface area contributed by atoms with Crippen molar-refractivity contribution in [2.24, 2.45) is 0 Å². The minimum atomic E-state index is 0.871. The highest BCUT2D eigenvalue weighted by Crippen LogP contribution is 2.30. The molecule has 2 aromatic carbocycles. The second-order valence-corrected chi connectivity index (χ2v) is 4.10. The number of benzene rings is 2. The van der Waals surface area contributed by atoms with E-state index in [1.165, 1.54) is 11.1 Å². The van der Waals surface area contributed by atoms with E-state index >= 15 is 0 Å². The van der Waals surface area contributed by atoms with Gasteiger partial charge in [-0.15, -0.1) is 0 Å². The van der Waals surface area contributed by atoms with E-state index in [0.717, 1.165) is 16.6 Å². The molecule has 1 nitrogen and oxygen atoms in total. The van der Waals surface area contributed by atoms with Gasteiger partial charge in [0.15, 0.2) is 0 Å². The van der Waals surface area contributed by atoms with Crippen molar-refractivity contribution in [2.75, 3.05) is 7.11 Å². The summed E-state index contributed by atoms with van der Waals surface area (Å²) in [6.07, 6.45) is 0. The predicted molar refractivity (Wildman–Crippen MR) is 71.1 cm³/mol. The number of methoxy groups -OCH3 is 1. The monoisotopic (exact) mass is 276 g/mol. The van der Waals surface area contributed by atoms with Crippen LogP contribution in [0.2, 0.25) is 0 Å². The summed E-state index contributed by atoms with van der Waals surface area (Å²) >= 11 is 3.47. The van der Waals surface area contributed by atoms with Crippen molar-refractivity contribution in [2.45, 2.75) is 5.33 Å². The Morgan fingerprint density at radius 2 is 1.88 bits per heavy atom. The zero-order valence-electron chi connectivity index (χ0n) is 9.11. The first kappa shape index (κ1) is 11.2. The van der Waals surface area contributed by atoms with Crippen LogP contribution in [0, 0.1) is 0 Å². The molecule has 0 radical (unpaired) electrons. The van der Waals surface area contributed by atoms with Crippen LogP contribution < -0.4 is 4.74 Å². The molecule has 0 spiro atoms. The van der Waals surface area contributed by atoms with Crippen molar-refractivity contribution < 1.29 is 4.74 Å². The maximum absolute atomic E-state index is 5.36. The van der Waals surface area contributed by atoms with Gasteiger partial charge in [-0.2, -0.15) is 0 Å². The Morgan fingerprint density at radius 1 is 1.06 bits per heavy atom. The van der Waals surface area contributed by atoms with Gasteiger partial charge in [0.1, 0.15) is 5.75 Å². The molecule has 0 aliphatic rings. The van der Waals surface area contributed by atoms with Crippen molar-refractivity contribution >= 4 is 15.9 Å². The molecule has 16 heavy (non-hydrogen) atoms. The molecule has 0 saturated heterocycles. The predicted octanol–water partition coefficient (Wildman–Crippen LogP) is 4.26. The molecular weight excluding hydrogens is 264 g/mol. The topological polar surface area (TPSA) is 9.23 Å². The van der Waals surface area contributed by atoms with Crippen molar-refractivity contribution in [3.8, 4) is 16.9 Å². The zero-order chi connectivity index (χ0) is 11.4. The van der Waals surface area contributed by atoms with Crippen LogP contribution in [0.4, 0.5) is 0 Å². The molecule has 0 unspecified atom stereocenters. The van der Waals surface area contributed by atoms with Crippen LogP contribution >= 0.6 is 15.9 Å². The highest BCUT2D eigenvalue weighted by atomic mass is 79.9. The van der Waals surface area contributed by atoms with Crippen LogP contribution in [-0.4, -0.2) is 7.11 Å². The number of hydrogen-bond acceptors (Lipinski definition) is 1. The Kier molecular flexibility index (Phi) is 3.62. The molecule has 0 fully saturated rings. The molecule has 82 valence electrons. The van der Waals surface area contributed by atoms with Gasteiger partial charge in [-0.25, -0.2) is 0 Å². The number of halogens is 1. The Bertz CT molecular complexity index is 480. The van der Waals surface area contributed by atoms with E-state index < -0.39 is 0 Å². The molecule has 0 aliphatic heterocycles. The second-order valence-electron chi connectivity index (χ2n) is 3.53. The molecule has 2 heteroatoms. The molecule has 0 N–H and O–H groups in total. The van der Waals surface area contributed by atoms with Crippen LogP contribution in [0.15, 0.2) is 48.5 Å². The Labute approximate surface area is 104 Å². The summed E-state index contributed by atoms with van der Waals surface area (Å²) in [4.78, 5) is 0. The van der Waals surface area contributed by atoms with Crippen molar-refractivity contribution in [1.82, 2.24) is 0 Å². The quantitative estimate of drug-likeness (QED) is 0.762. The number of ether oxygens (including phenoxy) is 1. The van der Waals surface area contributed by atoms with Gasteiger partial charge < -0.3 is 4.74 Å². The molecule has 2 aromatic rings. The van der Waals surface area contributed by atoms with E-state index in [1.54, 1.807) is 7.11 Å². The van der Waals surface area contributed by atoms with E-state index in [0.29, 0.717) is 0 Å². The molecule has 0 heterocycles. The molecule has 0 aromatic heterocycles. The summed E-state index contributed by atoms with van der Waals surface area (Å²) in [6, 6.07) is 16.5. The first-order valence-electron chi connectivity index (χ1n) is 5.13. The minimum Gasteiger partial charge on any atom is -0.496 e. The summed E-state index contributed by atoms with van der Waals surface area (Å²) in [5.74, 6) is 0.911. The summed E-state index contributed by atoms with van der Waals surface area (Å²) in [6.45, 7) is 0. The molecular formula is C14H13BrO. The highest BCUT2D eigenvalue weighted by Gasteiger charge is 2.04. The molecule has 2 rings (SSSR count). The van der Waals surface area contributed by atoms with E-state index in [4.69, 9.17) is 4.74 Å². The van der Waals surface area contributed by atoms with Gasteiger partial charge in [-0.3, -0.25) is 0 Å². The fourth-order valence-corrected chi connectivity index (χ4v) is 2.05. The van der Waals surface area contributed by atoms with Gasteiger partial charge in [0.05, 0.1) is 7.11 Å². The zero-order valence-corrected chi connectivity index (χ0v) is 10.7. The minimum absolute atomic E-state index is 0.871. The molecule has 0 amide bonds. The first-order valence-corrected chi connectivity index (χ1v) is 6.25. The second kappa shape index (κ2) is 5.17. The first-order chi connectivity index (χ1) is 7.85. The SMILES string of the molecule is COc1ccccc1-c1cccc(CBr)c1.